The molecule has 0 spiro atoms. The lowest BCUT2D eigenvalue weighted by Crippen LogP contribution is -2.48. The van der Waals surface area contributed by atoms with E-state index in [1.54, 1.807) is 19.1 Å². The molecule has 0 aliphatic carbocycles. The van der Waals surface area contributed by atoms with E-state index in [2.05, 4.69) is 0 Å². The van der Waals surface area contributed by atoms with Crippen molar-refractivity contribution in [3.8, 4) is 11.8 Å². The smallest absolute Gasteiger partial charge is 0.417 e. The van der Waals surface area contributed by atoms with Crippen molar-refractivity contribution in [3.63, 3.8) is 0 Å². The van der Waals surface area contributed by atoms with Gasteiger partial charge in [-0.15, -0.1) is 0 Å². The highest BCUT2D eigenvalue weighted by Crippen LogP contribution is 2.44. The summed E-state index contributed by atoms with van der Waals surface area (Å²) in [6.07, 6.45) is -5.36. The number of rotatable bonds is 5. The Labute approximate surface area is 166 Å². The largest absolute Gasteiger partial charge is 0.493 e. The number of hydrogen-bond donors (Lipinski definition) is 1. The lowest BCUT2D eigenvalue weighted by molar-refractivity contribution is -0.263. The van der Waals surface area contributed by atoms with Crippen molar-refractivity contribution in [2.24, 2.45) is 0 Å². The number of para-hydroxylation sites is 1. The maximum atomic E-state index is 13.8. The van der Waals surface area contributed by atoms with Crippen molar-refractivity contribution in [1.29, 1.82) is 5.26 Å². The number of ether oxygens (including phenoxy) is 1. The number of benzene rings is 2. The molecule has 2 aromatic carbocycles. The molecule has 1 heterocycles. The van der Waals surface area contributed by atoms with Crippen molar-refractivity contribution in [3.05, 3.63) is 63.7 Å². The quantitative estimate of drug-likeness (QED) is 0.740. The van der Waals surface area contributed by atoms with Crippen LogP contribution in [0.15, 0.2) is 36.4 Å². The summed E-state index contributed by atoms with van der Waals surface area (Å²) in [6.45, 7) is 2.15. The highest BCUT2D eigenvalue weighted by atomic mass is 35.5. The van der Waals surface area contributed by atoms with E-state index in [9.17, 15) is 18.3 Å². The molecule has 3 rings (SSSR count). The van der Waals surface area contributed by atoms with Crippen LogP contribution in [-0.4, -0.2) is 23.5 Å². The Hall–Kier alpha value is -2.23. The minimum atomic E-state index is -4.85. The van der Waals surface area contributed by atoms with Crippen LogP contribution in [0.5, 0.6) is 5.75 Å². The number of alkyl halides is 3. The first kappa shape index (κ1) is 20.5. The summed E-state index contributed by atoms with van der Waals surface area (Å²) in [5, 5.41) is 19.6. The highest BCUT2D eigenvalue weighted by Gasteiger charge is 2.54. The van der Waals surface area contributed by atoms with E-state index >= 15 is 0 Å². The second-order valence-corrected chi connectivity index (χ2v) is 7.57. The topological polar surface area (TPSA) is 53.2 Å². The molecule has 0 amide bonds. The second kappa shape index (κ2) is 7.65. The molecule has 0 fully saturated rings. The minimum absolute atomic E-state index is 0.0262. The van der Waals surface area contributed by atoms with E-state index in [0.29, 0.717) is 17.9 Å². The molecule has 0 saturated carbocycles. The van der Waals surface area contributed by atoms with Gasteiger partial charge in [-0.05, 0) is 41.2 Å². The lowest BCUT2D eigenvalue weighted by atomic mass is 9.82. The van der Waals surface area contributed by atoms with E-state index in [1.807, 2.05) is 12.1 Å². The molecule has 0 aromatic heterocycles. The molecule has 1 aliphatic rings. The third-order valence-corrected chi connectivity index (χ3v) is 5.46. The van der Waals surface area contributed by atoms with Crippen LogP contribution in [0.2, 0.25) is 5.02 Å². The molecular formula is C21H19ClF3NO2. The van der Waals surface area contributed by atoms with Gasteiger partial charge in [-0.25, -0.2) is 0 Å². The van der Waals surface area contributed by atoms with E-state index in [4.69, 9.17) is 21.6 Å². The first-order valence-corrected chi connectivity index (χ1v) is 9.24. The van der Waals surface area contributed by atoms with Crippen molar-refractivity contribution < 1.29 is 23.0 Å². The molecule has 2 atom stereocenters. The third kappa shape index (κ3) is 3.96. The van der Waals surface area contributed by atoms with E-state index in [1.165, 1.54) is 18.2 Å². The molecular weight excluding hydrogens is 391 g/mol. The molecule has 0 saturated heterocycles. The molecule has 148 valence electrons. The summed E-state index contributed by atoms with van der Waals surface area (Å²) in [6, 6.07) is 11.3. The van der Waals surface area contributed by atoms with Gasteiger partial charge in [0.25, 0.3) is 0 Å². The molecule has 0 bridgehead atoms. The van der Waals surface area contributed by atoms with Gasteiger partial charge in [-0.1, -0.05) is 42.8 Å². The number of nitrogens with zero attached hydrogens (tertiary/aromatic N) is 1. The predicted molar refractivity (Wildman–Crippen MR) is 99.5 cm³/mol. The number of nitriles is 1. The average molecular weight is 410 g/mol. The highest BCUT2D eigenvalue weighted by molar-refractivity contribution is 6.31. The normalized spacial score (nSPS) is 16.6. The van der Waals surface area contributed by atoms with Gasteiger partial charge in [-0.3, -0.25) is 0 Å². The summed E-state index contributed by atoms with van der Waals surface area (Å²) >= 11 is 6.05. The third-order valence-electron chi connectivity index (χ3n) is 5.11. The monoisotopic (exact) mass is 409 g/mol. The minimum Gasteiger partial charge on any atom is -0.493 e. The van der Waals surface area contributed by atoms with Crippen LogP contribution in [0, 0.1) is 11.3 Å². The molecule has 1 aliphatic heterocycles. The van der Waals surface area contributed by atoms with Gasteiger partial charge in [0.15, 0.2) is 5.60 Å². The Morgan fingerprint density at radius 1 is 1.29 bits per heavy atom. The van der Waals surface area contributed by atoms with Crippen LogP contribution >= 0.6 is 11.6 Å². The fourth-order valence-corrected chi connectivity index (χ4v) is 3.86. The van der Waals surface area contributed by atoms with Crippen LogP contribution in [0.25, 0.3) is 0 Å². The Kier molecular flexibility index (Phi) is 5.60. The number of fused-ring (bicyclic) bond motifs is 1. The second-order valence-electron chi connectivity index (χ2n) is 7.16. The molecule has 3 nitrogen and oxygen atoms in total. The van der Waals surface area contributed by atoms with E-state index in [-0.39, 0.29) is 16.1 Å². The Balaban J connectivity index is 1.90. The first-order chi connectivity index (χ1) is 13.1. The maximum absolute atomic E-state index is 13.8. The summed E-state index contributed by atoms with van der Waals surface area (Å²) in [5.41, 5.74) is -0.957. The van der Waals surface area contributed by atoms with Crippen molar-refractivity contribution in [1.82, 2.24) is 0 Å². The van der Waals surface area contributed by atoms with Gasteiger partial charge in [0, 0.05) is 17.9 Å². The number of halogens is 4. The summed E-state index contributed by atoms with van der Waals surface area (Å²) in [4.78, 5) is 0. The standard InChI is InChI=1S/C21H19ClF3NO2/c1-13(17-4-2-3-15-7-8-28-19(15)17)10-20(27,21(23,24)25)11-16-6-5-14(12-26)9-18(16)22/h2-6,9,13,27H,7-8,10-11H2,1H3. The van der Waals surface area contributed by atoms with E-state index < -0.39 is 30.5 Å². The van der Waals surface area contributed by atoms with E-state index in [0.717, 1.165) is 12.0 Å². The van der Waals surface area contributed by atoms with Crippen LogP contribution in [0.1, 0.15) is 41.5 Å². The van der Waals surface area contributed by atoms with Gasteiger partial charge in [0.2, 0.25) is 0 Å². The van der Waals surface area contributed by atoms with Crippen molar-refractivity contribution in [2.75, 3.05) is 6.61 Å². The predicted octanol–water partition coefficient (Wildman–Crippen LogP) is 5.18. The van der Waals surface area contributed by atoms with Crippen LogP contribution in [0.3, 0.4) is 0 Å². The van der Waals surface area contributed by atoms with Gasteiger partial charge in [-0.2, -0.15) is 18.4 Å². The average Bonchev–Trinajstić information content (AvgIpc) is 3.11. The lowest BCUT2D eigenvalue weighted by Gasteiger charge is -2.33. The number of aliphatic hydroxyl groups is 1. The summed E-state index contributed by atoms with van der Waals surface area (Å²) in [5.74, 6) is 0.0350. The maximum Gasteiger partial charge on any atom is 0.417 e. The zero-order valence-electron chi connectivity index (χ0n) is 15.2. The number of hydrogen-bond acceptors (Lipinski definition) is 3. The Morgan fingerprint density at radius 3 is 2.68 bits per heavy atom. The molecule has 2 aromatic rings. The van der Waals surface area contributed by atoms with Crippen molar-refractivity contribution >= 4 is 11.6 Å². The molecule has 28 heavy (non-hydrogen) atoms. The summed E-state index contributed by atoms with van der Waals surface area (Å²) < 4.78 is 47.1. The Morgan fingerprint density at radius 2 is 2.04 bits per heavy atom. The van der Waals surface area contributed by atoms with Crippen LogP contribution in [-0.2, 0) is 12.8 Å². The van der Waals surface area contributed by atoms with Crippen LogP contribution in [0.4, 0.5) is 13.2 Å². The molecule has 2 unspecified atom stereocenters. The van der Waals surface area contributed by atoms with Gasteiger partial charge in [0.05, 0.1) is 18.2 Å². The van der Waals surface area contributed by atoms with Gasteiger partial charge >= 0.3 is 6.18 Å². The molecule has 7 heteroatoms. The SMILES string of the molecule is CC(CC(O)(Cc1ccc(C#N)cc1Cl)C(F)(F)F)c1cccc2c1OCC2. The van der Waals surface area contributed by atoms with Crippen LogP contribution < -0.4 is 4.74 Å². The zero-order chi connectivity index (χ0) is 20.5. The molecule has 0 radical (unpaired) electrons. The Bertz CT molecular complexity index is 923. The molecule has 1 N–H and O–H groups in total. The summed E-state index contributed by atoms with van der Waals surface area (Å²) in [7, 11) is 0. The van der Waals surface area contributed by atoms with Crippen molar-refractivity contribution in [2.45, 2.75) is 43.9 Å². The van der Waals surface area contributed by atoms with Gasteiger partial charge in [0.1, 0.15) is 5.75 Å². The first-order valence-electron chi connectivity index (χ1n) is 8.87. The fourth-order valence-electron chi connectivity index (χ4n) is 3.61. The fraction of sp³-hybridized carbons (Fsp3) is 0.381. The van der Waals surface area contributed by atoms with Gasteiger partial charge < -0.3 is 9.84 Å². The zero-order valence-corrected chi connectivity index (χ0v) is 15.9.